The highest BCUT2D eigenvalue weighted by Gasteiger charge is 2.37. The molecule has 0 saturated carbocycles. The van der Waals surface area contributed by atoms with Crippen molar-refractivity contribution in [2.45, 2.75) is 18.5 Å². The predicted octanol–water partition coefficient (Wildman–Crippen LogP) is 3.03. The Labute approximate surface area is 247 Å². The third-order valence-electron chi connectivity index (χ3n) is 6.84. The summed E-state index contributed by atoms with van der Waals surface area (Å²) in [5.74, 6) is -1.22. The zero-order valence-corrected chi connectivity index (χ0v) is 23.4. The van der Waals surface area contributed by atoms with Gasteiger partial charge in [0, 0.05) is 43.2 Å². The number of alkyl halides is 1. The summed E-state index contributed by atoms with van der Waals surface area (Å²) < 4.78 is 10.8. The van der Waals surface area contributed by atoms with Crippen molar-refractivity contribution in [1.29, 1.82) is 0 Å². The van der Waals surface area contributed by atoms with Gasteiger partial charge in [-0.15, -0.1) is 11.6 Å². The molecule has 4 aromatic rings. The van der Waals surface area contributed by atoms with Gasteiger partial charge in [-0.05, 0) is 29.8 Å². The Balaban J connectivity index is 1.50. The standard InChI is InChI=1S/C30H29ClN6O5/c31-17-27(38)37(23-8-6-22(7-9-23)26-19-33-20-42-26)28(25-18-32-10-11-34-25)29(39)35-24(16-21-4-2-1-3-5-21)30(40)36-12-14-41-15-13-36/h1-11,18-20,24,28H,12-17H2,(H,35,39). The first-order valence-electron chi connectivity index (χ1n) is 13.4. The number of nitrogens with zero attached hydrogens (tertiary/aromatic N) is 5. The third kappa shape index (κ3) is 6.81. The maximum atomic E-state index is 14.2. The van der Waals surface area contributed by atoms with Crippen LogP contribution in [0.25, 0.3) is 11.3 Å². The summed E-state index contributed by atoms with van der Waals surface area (Å²) in [6, 6.07) is 14.1. The molecule has 42 heavy (non-hydrogen) atoms. The van der Waals surface area contributed by atoms with Crippen LogP contribution >= 0.6 is 11.6 Å². The first-order valence-corrected chi connectivity index (χ1v) is 13.9. The van der Waals surface area contributed by atoms with Crippen LogP contribution in [0.3, 0.4) is 0 Å². The average Bonchev–Trinajstić information content (AvgIpc) is 3.59. The summed E-state index contributed by atoms with van der Waals surface area (Å²) in [4.78, 5) is 56.6. The van der Waals surface area contributed by atoms with Crippen LogP contribution in [-0.4, -0.2) is 75.8 Å². The lowest BCUT2D eigenvalue weighted by molar-refractivity contribution is -0.140. The van der Waals surface area contributed by atoms with Crippen LogP contribution in [0.1, 0.15) is 17.3 Å². The van der Waals surface area contributed by atoms with Crippen LogP contribution in [0.2, 0.25) is 0 Å². The Morgan fingerprint density at radius 3 is 2.38 bits per heavy atom. The quantitative estimate of drug-likeness (QED) is 0.280. The van der Waals surface area contributed by atoms with Crippen molar-refractivity contribution in [3.63, 3.8) is 0 Å². The summed E-state index contributed by atoms with van der Waals surface area (Å²) in [5.41, 5.74) is 2.21. The van der Waals surface area contributed by atoms with Crippen molar-refractivity contribution in [2.24, 2.45) is 0 Å². The number of carbonyl (C=O) groups excluding carboxylic acids is 3. The zero-order chi connectivity index (χ0) is 29.3. The molecule has 0 spiro atoms. The van der Waals surface area contributed by atoms with Gasteiger partial charge in [-0.2, -0.15) is 0 Å². The number of nitrogens with one attached hydrogen (secondary N) is 1. The summed E-state index contributed by atoms with van der Waals surface area (Å²) in [5, 5.41) is 2.93. The number of halogens is 1. The molecule has 3 amide bonds. The fourth-order valence-corrected chi connectivity index (χ4v) is 4.92. The van der Waals surface area contributed by atoms with Gasteiger partial charge in [0.15, 0.2) is 18.2 Å². The minimum Gasteiger partial charge on any atom is -0.444 e. The van der Waals surface area contributed by atoms with Gasteiger partial charge in [0.1, 0.15) is 11.9 Å². The van der Waals surface area contributed by atoms with Crippen molar-refractivity contribution in [2.75, 3.05) is 37.1 Å². The minimum absolute atomic E-state index is 0.213. The maximum Gasteiger partial charge on any atom is 0.250 e. The highest BCUT2D eigenvalue weighted by atomic mass is 35.5. The molecular formula is C30H29ClN6O5. The molecule has 11 nitrogen and oxygen atoms in total. The molecule has 2 unspecified atom stereocenters. The normalized spacial score (nSPS) is 14.5. The van der Waals surface area contributed by atoms with E-state index in [2.05, 4.69) is 20.3 Å². The predicted molar refractivity (Wildman–Crippen MR) is 154 cm³/mol. The lowest BCUT2D eigenvalue weighted by atomic mass is 10.0. The molecule has 1 saturated heterocycles. The third-order valence-corrected chi connectivity index (χ3v) is 7.06. The number of hydrogen-bond acceptors (Lipinski definition) is 8. The molecule has 1 N–H and O–H groups in total. The van der Waals surface area contributed by atoms with Crippen LogP contribution in [0.15, 0.2) is 90.2 Å². The van der Waals surface area contributed by atoms with Gasteiger partial charge in [-0.25, -0.2) is 4.98 Å². The van der Waals surface area contributed by atoms with Gasteiger partial charge in [0.25, 0.3) is 0 Å². The van der Waals surface area contributed by atoms with Crippen LogP contribution in [0.5, 0.6) is 0 Å². The molecule has 2 aromatic carbocycles. The number of aromatic nitrogens is 3. The van der Waals surface area contributed by atoms with Gasteiger partial charge in [-0.1, -0.05) is 30.3 Å². The molecule has 5 rings (SSSR count). The van der Waals surface area contributed by atoms with E-state index >= 15 is 0 Å². The van der Waals surface area contributed by atoms with E-state index in [1.807, 2.05) is 30.3 Å². The molecule has 216 valence electrons. The van der Waals surface area contributed by atoms with E-state index in [0.717, 1.165) is 11.1 Å². The van der Waals surface area contributed by atoms with Crippen LogP contribution in [0, 0.1) is 0 Å². The molecule has 0 radical (unpaired) electrons. The molecule has 0 bridgehead atoms. The minimum atomic E-state index is -1.27. The van der Waals surface area contributed by atoms with E-state index in [4.69, 9.17) is 20.8 Å². The number of morpholine rings is 1. The van der Waals surface area contributed by atoms with Gasteiger partial charge in [-0.3, -0.25) is 29.3 Å². The number of benzene rings is 2. The Kier molecular flexibility index (Phi) is 9.52. The van der Waals surface area contributed by atoms with E-state index in [1.165, 1.54) is 29.9 Å². The highest BCUT2D eigenvalue weighted by molar-refractivity contribution is 6.29. The molecule has 3 heterocycles. The number of rotatable bonds is 10. The average molecular weight is 589 g/mol. The second kappa shape index (κ2) is 13.8. The molecule has 1 aliphatic rings. The van der Waals surface area contributed by atoms with Crippen molar-refractivity contribution >= 4 is 35.0 Å². The van der Waals surface area contributed by atoms with E-state index in [0.29, 0.717) is 37.8 Å². The smallest absolute Gasteiger partial charge is 0.250 e. The number of ether oxygens (including phenoxy) is 1. The first kappa shape index (κ1) is 28.9. The van der Waals surface area contributed by atoms with Crippen LogP contribution in [-0.2, 0) is 25.5 Å². The van der Waals surface area contributed by atoms with Gasteiger partial charge in [0.05, 0.1) is 31.3 Å². The van der Waals surface area contributed by atoms with Gasteiger partial charge < -0.3 is 19.4 Å². The highest BCUT2D eigenvalue weighted by Crippen LogP contribution is 2.30. The van der Waals surface area contributed by atoms with Gasteiger partial charge >= 0.3 is 0 Å². The van der Waals surface area contributed by atoms with Crippen molar-refractivity contribution in [3.8, 4) is 11.3 Å². The SMILES string of the molecule is O=C(NC(Cc1ccccc1)C(=O)N1CCOCC1)C(c1cnccn1)N(C(=O)CCl)c1ccc(-c2cnco2)cc1. The van der Waals surface area contributed by atoms with Crippen LogP contribution in [0.4, 0.5) is 5.69 Å². The lowest BCUT2D eigenvalue weighted by Crippen LogP contribution is -2.55. The summed E-state index contributed by atoms with van der Waals surface area (Å²) in [7, 11) is 0. The fraction of sp³-hybridized carbons (Fsp3) is 0.267. The number of oxazole rings is 1. The zero-order valence-electron chi connectivity index (χ0n) is 22.6. The van der Waals surface area contributed by atoms with Crippen molar-refractivity contribution < 1.29 is 23.5 Å². The summed E-state index contributed by atoms with van der Waals surface area (Å²) >= 11 is 6.06. The fourth-order valence-electron chi connectivity index (χ4n) is 4.79. The molecule has 2 atom stereocenters. The second-order valence-corrected chi connectivity index (χ2v) is 9.80. The lowest BCUT2D eigenvalue weighted by Gasteiger charge is -2.34. The Morgan fingerprint density at radius 2 is 1.74 bits per heavy atom. The van der Waals surface area contributed by atoms with E-state index in [-0.39, 0.29) is 18.0 Å². The number of anilines is 1. The summed E-state index contributed by atoms with van der Waals surface area (Å²) in [6.07, 6.45) is 7.48. The van der Waals surface area contributed by atoms with E-state index in [1.54, 1.807) is 35.4 Å². The molecule has 1 fully saturated rings. The number of carbonyl (C=O) groups is 3. The molecule has 2 aromatic heterocycles. The van der Waals surface area contributed by atoms with E-state index in [9.17, 15) is 14.4 Å². The van der Waals surface area contributed by atoms with Crippen LogP contribution < -0.4 is 10.2 Å². The number of hydrogen-bond donors (Lipinski definition) is 1. The monoisotopic (exact) mass is 588 g/mol. The Morgan fingerprint density at radius 1 is 0.976 bits per heavy atom. The molecule has 12 heteroatoms. The topological polar surface area (TPSA) is 131 Å². The van der Waals surface area contributed by atoms with Crippen molar-refractivity contribution in [3.05, 3.63) is 97.0 Å². The number of amides is 3. The molecular weight excluding hydrogens is 560 g/mol. The van der Waals surface area contributed by atoms with Crippen molar-refractivity contribution in [1.82, 2.24) is 25.2 Å². The summed E-state index contributed by atoms with van der Waals surface area (Å²) in [6.45, 7) is 1.67. The first-order chi connectivity index (χ1) is 20.5. The van der Waals surface area contributed by atoms with Gasteiger partial charge in [0.2, 0.25) is 17.7 Å². The molecule has 1 aliphatic heterocycles. The Hall–Kier alpha value is -4.61. The second-order valence-electron chi connectivity index (χ2n) is 9.53. The Bertz CT molecular complexity index is 1470. The molecule has 0 aliphatic carbocycles. The maximum absolute atomic E-state index is 14.2. The largest absolute Gasteiger partial charge is 0.444 e. The van der Waals surface area contributed by atoms with E-state index < -0.39 is 29.8 Å².